The van der Waals surface area contributed by atoms with Crippen molar-refractivity contribution in [2.75, 3.05) is 0 Å². The summed E-state index contributed by atoms with van der Waals surface area (Å²) < 4.78 is 0. The van der Waals surface area contributed by atoms with Crippen LogP contribution < -0.4 is 0 Å². The van der Waals surface area contributed by atoms with E-state index < -0.39 is 0 Å². The highest BCUT2D eigenvalue weighted by molar-refractivity contribution is 6.13. The predicted octanol–water partition coefficient (Wildman–Crippen LogP) is 4.90. The Balaban J connectivity index is 2.18. The van der Waals surface area contributed by atoms with Crippen molar-refractivity contribution in [3.05, 3.63) is 76.8 Å². The summed E-state index contributed by atoms with van der Waals surface area (Å²) in [4.78, 5) is 14.5. The van der Waals surface area contributed by atoms with Gasteiger partial charge >= 0.3 is 0 Å². The molecular weight excluding hydrogens is 276 g/mol. The molecule has 0 aliphatic rings. The Morgan fingerprint density at radius 2 is 1.55 bits per heavy atom. The average Bonchev–Trinajstić information content (AvgIpc) is 2.93. The summed E-state index contributed by atoms with van der Waals surface area (Å²) >= 11 is 0. The first-order valence-corrected chi connectivity index (χ1v) is 6.99. The van der Waals surface area contributed by atoms with E-state index >= 15 is 0 Å². The maximum absolute atomic E-state index is 11.4. The summed E-state index contributed by atoms with van der Waals surface area (Å²) in [6.45, 7) is 0. The summed E-state index contributed by atoms with van der Waals surface area (Å²) in [5.41, 5.74) is 3.38. The van der Waals surface area contributed by atoms with Crippen LogP contribution in [0.5, 0.6) is 0 Å². The van der Waals surface area contributed by atoms with Gasteiger partial charge in [0.15, 0.2) is 0 Å². The van der Waals surface area contributed by atoms with Crippen molar-refractivity contribution in [1.82, 2.24) is 4.98 Å². The number of nitro groups is 1. The molecular formula is C18H12N2O2. The summed E-state index contributed by atoms with van der Waals surface area (Å²) in [5.74, 6) is 0. The molecule has 106 valence electrons. The Kier molecular flexibility index (Phi) is 2.69. The van der Waals surface area contributed by atoms with Gasteiger partial charge in [-0.2, -0.15) is 0 Å². The SMILES string of the molecule is O=[N+]([O-])c1ccc2c([nH]c3ccccc32)c1-c1ccccc1. The van der Waals surface area contributed by atoms with Crippen LogP contribution in [-0.2, 0) is 0 Å². The number of H-pyrrole nitrogens is 1. The average molecular weight is 288 g/mol. The summed E-state index contributed by atoms with van der Waals surface area (Å²) in [6, 6.07) is 20.8. The molecule has 0 saturated heterocycles. The number of nitro benzene ring substituents is 1. The molecule has 1 aromatic heterocycles. The van der Waals surface area contributed by atoms with Crippen LogP contribution in [0.4, 0.5) is 5.69 Å². The van der Waals surface area contributed by atoms with Crippen LogP contribution in [0.1, 0.15) is 0 Å². The minimum absolute atomic E-state index is 0.116. The first kappa shape index (κ1) is 12.6. The van der Waals surface area contributed by atoms with Crippen molar-refractivity contribution in [3.8, 4) is 11.1 Å². The van der Waals surface area contributed by atoms with E-state index in [2.05, 4.69) is 4.98 Å². The summed E-state index contributed by atoms with van der Waals surface area (Å²) in [7, 11) is 0. The second-order valence-corrected chi connectivity index (χ2v) is 5.18. The van der Waals surface area contributed by atoms with E-state index in [-0.39, 0.29) is 10.6 Å². The minimum Gasteiger partial charge on any atom is -0.354 e. The lowest BCUT2D eigenvalue weighted by molar-refractivity contribution is -0.384. The van der Waals surface area contributed by atoms with Gasteiger partial charge in [-0.1, -0.05) is 48.5 Å². The number of aromatic nitrogens is 1. The van der Waals surface area contributed by atoms with Gasteiger partial charge in [0.1, 0.15) is 0 Å². The number of nitrogens with zero attached hydrogens (tertiary/aromatic N) is 1. The topological polar surface area (TPSA) is 58.9 Å². The van der Waals surface area contributed by atoms with Gasteiger partial charge in [0.25, 0.3) is 5.69 Å². The zero-order chi connectivity index (χ0) is 15.1. The van der Waals surface area contributed by atoms with Crippen molar-refractivity contribution >= 4 is 27.5 Å². The number of hydrogen-bond donors (Lipinski definition) is 1. The van der Waals surface area contributed by atoms with E-state index in [1.54, 1.807) is 6.07 Å². The number of aromatic amines is 1. The van der Waals surface area contributed by atoms with Crippen LogP contribution in [0.25, 0.3) is 32.9 Å². The molecule has 0 saturated carbocycles. The largest absolute Gasteiger partial charge is 0.354 e. The molecule has 0 aliphatic carbocycles. The lowest BCUT2D eigenvalue weighted by Crippen LogP contribution is -1.93. The first-order valence-electron chi connectivity index (χ1n) is 6.99. The van der Waals surface area contributed by atoms with E-state index in [0.29, 0.717) is 5.56 Å². The summed E-state index contributed by atoms with van der Waals surface area (Å²) in [5, 5.41) is 13.5. The molecule has 0 aliphatic heterocycles. The second kappa shape index (κ2) is 4.70. The molecule has 0 spiro atoms. The van der Waals surface area contributed by atoms with Gasteiger partial charge in [-0.15, -0.1) is 0 Å². The lowest BCUT2D eigenvalue weighted by atomic mass is 10.00. The number of fused-ring (bicyclic) bond motifs is 3. The molecule has 22 heavy (non-hydrogen) atoms. The lowest BCUT2D eigenvalue weighted by Gasteiger charge is -2.05. The van der Waals surface area contributed by atoms with Gasteiger partial charge in [0.05, 0.1) is 16.0 Å². The fourth-order valence-electron chi connectivity index (χ4n) is 2.96. The third-order valence-electron chi connectivity index (χ3n) is 3.92. The third-order valence-corrected chi connectivity index (χ3v) is 3.92. The van der Waals surface area contributed by atoms with Crippen LogP contribution in [0.2, 0.25) is 0 Å². The predicted molar refractivity (Wildman–Crippen MR) is 87.9 cm³/mol. The van der Waals surface area contributed by atoms with E-state index in [4.69, 9.17) is 0 Å². The maximum Gasteiger partial charge on any atom is 0.279 e. The second-order valence-electron chi connectivity index (χ2n) is 5.18. The van der Waals surface area contributed by atoms with Crippen molar-refractivity contribution < 1.29 is 4.92 Å². The Morgan fingerprint density at radius 3 is 2.32 bits per heavy atom. The van der Waals surface area contributed by atoms with Crippen molar-refractivity contribution in [2.24, 2.45) is 0 Å². The Morgan fingerprint density at radius 1 is 0.818 bits per heavy atom. The highest BCUT2D eigenvalue weighted by Crippen LogP contribution is 2.39. The van der Waals surface area contributed by atoms with Crippen molar-refractivity contribution in [3.63, 3.8) is 0 Å². The molecule has 0 fully saturated rings. The summed E-state index contributed by atoms with van der Waals surface area (Å²) in [6.07, 6.45) is 0. The zero-order valence-electron chi connectivity index (χ0n) is 11.6. The van der Waals surface area contributed by atoms with Crippen LogP contribution in [-0.4, -0.2) is 9.91 Å². The number of benzene rings is 3. The van der Waals surface area contributed by atoms with E-state index in [1.807, 2.05) is 60.7 Å². The number of hydrogen-bond acceptors (Lipinski definition) is 2. The minimum atomic E-state index is -0.326. The van der Waals surface area contributed by atoms with Gasteiger partial charge < -0.3 is 4.98 Å². The monoisotopic (exact) mass is 288 g/mol. The van der Waals surface area contributed by atoms with Crippen LogP contribution in [0.3, 0.4) is 0 Å². The Bertz CT molecular complexity index is 1000. The molecule has 0 unspecified atom stereocenters. The van der Waals surface area contributed by atoms with Crippen LogP contribution in [0, 0.1) is 10.1 Å². The molecule has 4 heteroatoms. The standard InChI is InChI=1S/C18H12N2O2/c21-20(22)16-11-10-14-13-8-4-5-9-15(13)19-18(14)17(16)12-6-2-1-3-7-12/h1-11,19H. The number of nitrogens with one attached hydrogen (secondary N) is 1. The first-order chi connectivity index (χ1) is 10.8. The molecule has 3 aromatic carbocycles. The number of rotatable bonds is 2. The van der Waals surface area contributed by atoms with Gasteiger partial charge in [0, 0.05) is 22.4 Å². The molecule has 1 N–H and O–H groups in total. The molecule has 0 amide bonds. The maximum atomic E-state index is 11.4. The van der Waals surface area contributed by atoms with E-state index in [1.165, 1.54) is 0 Å². The Labute approximate surface area is 126 Å². The van der Waals surface area contributed by atoms with Crippen LogP contribution in [0.15, 0.2) is 66.7 Å². The molecule has 1 heterocycles. The molecule has 4 aromatic rings. The molecule has 4 rings (SSSR count). The smallest absolute Gasteiger partial charge is 0.279 e. The van der Waals surface area contributed by atoms with E-state index in [0.717, 1.165) is 27.4 Å². The highest BCUT2D eigenvalue weighted by Gasteiger charge is 2.20. The zero-order valence-corrected chi connectivity index (χ0v) is 11.6. The number of para-hydroxylation sites is 1. The van der Waals surface area contributed by atoms with Gasteiger partial charge in [-0.05, 0) is 17.7 Å². The molecule has 4 nitrogen and oxygen atoms in total. The van der Waals surface area contributed by atoms with Gasteiger partial charge in [0.2, 0.25) is 0 Å². The van der Waals surface area contributed by atoms with Crippen molar-refractivity contribution in [1.29, 1.82) is 0 Å². The Hall–Kier alpha value is -3.14. The fourth-order valence-corrected chi connectivity index (χ4v) is 2.96. The third kappa shape index (κ3) is 1.78. The van der Waals surface area contributed by atoms with E-state index in [9.17, 15) is 10.1 Å². The van der Waals surface area contributed by atoms with Crippen LogP contribution >= 0.6 is 0 Å². The molecule has 0 atom stereocenters. The van der Waals surface area contributed by atoms with Gasteiger partial charge in [-0.3, -0.25) is 10.1 Å². The molecule has 0 radical (unpaired) electrons. The highest BCUT2D eigenvalue weighted by atomic mass is 16.6. The quantitative estimate of drug-likeness (QED) is 0.421. The van der Waals surface area contributed by atoms with Crippen molar-refractivity contribution in [2.45, 2.75) is 0 Å². The fraction of sp³-hybridized carbons (Fsp3) is 0. The van der Waals surface area contributed by atoms with Gasteiger partial charge in [-0.25, -0.2) is 0 Å². The molecule has 0 bridgehead atoms. The normalized spacial score (nSPS) is 11.1.